The van der Waals surface area contributed by atoms with Gasteiger partial charge in [-0.1, -0.05) is 49.2 Å². The predicted octanol–water partition coefficient (Wildman–Crippen LogP) is 4.14. The summed E-state index contributed by atoms with van der Waals surface area (Å²) in [5, 5.41) is 5.92. The fourth-order valence-corrected chi connectivity index (χ4v) is 5.43. The first-order valence-corrected chi connectivity index (χ1v) is 14.6. The number of benzene rings is 2. The molecular formula is C33H40ClF5KN4O3-. The molecule has 0 saturated heterocycles. The fourth-order valence-electron chi connectivity index (χ4n) is 5.27. The van der Waals surface area contributed by atoms with Crippen molar-refractivity contribution in [2.75, 3.05) is 20.3 Å². The van der Waals surface area contributed by atoms with Crippen LogP contribution in [0.5, 0.6) is 5.75 Å². The summed E-state index contributed by atoms with van der Waals surface area (Å²) in [5.41, 5.74) is 3.24. The molecule has 2 aliphatic rings. The van der Waals surface area contributed by atoms with Crippen molar-refractivity contribution in [3.63, 3.8) is 0 Å². The number of rotatable bonds is 8. The molecule has 47 heavy (non-hydrogen) atoms. The molecule has 14 heteroatoms. The third-order valence-corrected chi connectivity index (χ3v) is 8.07. The van der Waals surface area contributed by atoms with Crippen molar-refractivity contribution in [2.24, 2.45) is 11.8 Å². The Hall–Kier alpha value is -2.10. The fraction of sp³-hybridized carbons (Fsp3) is 0.394. The second-order valence-electron chi connectivity index (χ2n) is 10.8. The van der Waals surface area contributed by atoms with E-state index in [1.807, 2.05) is 56.4 Å². The van der Waals surface area contributed by atoms with Gasteiger partial charge in [0.2, 0.25) is 6.41 Å². The average molecular weight is 710 g/mol. The van der Waals surface area contributed by atoms with Crippen molar-refractivity contribution in [2.45, 2.75) is 52.5 Å². The van der Waals surface area contributed by atoms with Gasteiger partial charge >= 0.3 is 57.9 Å². The van der Waals surface area contributed by atoms with Crippen LogP contribution in [-0.2, 0) is 4.79 Å². The number of halogens is 6. The summed E-state index contributed by atoms with van der Waals surface area (Å²) in [6.07, 6.45) is 4.97. The Labute approximate surface area is 319 Å². The molecule has 1 fully saturated rings. The van der Waals surface area contributed by atoms with Crippen LogP contribution in [0.15, 0.2) is 36.4 Å². The molecule has 4 atom stereocenters. The number of carbonyl (C=O) groups excluding carboxylic acids is 1. The maximum atomic E-state index is 14.8. The maximum absolute atomic E-state index is 14.8. The van der Waals surface area contributed by atoms with E-state index in [0.29, 0.717) is 50.0 Å². The van der Waals surface area contributed by atoms with Crippen LogP contribution >= 0.6 is 11.6 Å². The third kappa shape index (κ3) is 11.5. The number of nitrogens with zero attached hydrogens (tertiary/aromatic N) is 1. The molecule has 0 bridgehead atoms. The number of aryl methyl sites for hydroxylation is 1. The Bertz CT molecular complexity index is 1580. The molecule has 2 heterocycles. The smallest absolute Gasteiger partial charge is 0.870 e. The molecular weight excluding hydrogens is 670 g/mol. The molecule has 0 radical (unpaired) electrons. The standard InChI is InChI=1S/C21H21ClF2N2O2.C11H13F2N.CH3F.K.H2N.H2O/c1-10-5-13(10)15(7-25-9-27)17-6-14-11(2)8-28-21(14)20(26-17)12-3-4-16(23)18(22)19(12)24;1-3-9-5-4-8(2)6-10(9)7-14-11(12)13;1-2;;;/h3-4,6,9-11,13,15H,5,7-8H2,1-2H3,(H,25,27);3-7,11,14H,1-2H3;1H3;;2*1H2/q;;;+1;-1;/p-1/b;9-3+,10-7-;;;;. The SMILES string of the molecule is C/C=c1\ccc(C)c\c1=C\NC(F)F.CC1COc2c1cc(C(CNC=O)C1CC1C)nc2-c1ccc(F)c(Cl)c1F.CF.[K+].[NH2-].[OH-]. The van der Waals surface area contributed by atoms with Gasteiger partial charge in [0.05, 0.1) is 13.8 Å². The topological polar surface area (TPSA) is 127 Å². The van der Waals surface area contributed by atoms with Gasteiger partial charge in [0.15, 0.2) is 5.82 Å². The van der Waals surface area contributed by atoms with E-state index in [4.69, 9.17) is 21.3 Å². The monoisotopic (exact) mass is 709 g/mol. The van der Waals surface area contributed by atoms with E-state index in [1.54, 1.807) is 0 Å². The van der Waals surface area contributed by atoms with Gasteiger partial charge in [-0.3, -0.25) is 9.18 Å². The van der Waals surface area contributed by atoms with Gasteiger partial charge in [0.1, 0.15) is 22.3 Å². The van der Waals surface area contributed by atoms with Crippen LogP contribution in [-0.4, -0.2) is 43.7 Å². The minimum atomic E-state index is -2.51. The Morgan fingerprint density at radius 3 is 2.34 bits per heavy atom. The Morgan fingerprint density at radius 2 is 1.77 bits per heavy atom. The normalized spacial score (nSPS) is 18.3. The van der Waals surface area contributed by atoms with Gasteiger partial charge in [-0.2, -0.15) is 8.78 Å². The van der Waals surface area contributed by atoms with Crippen LogP contribution in [0.3, 0.4) is 0 Å². The molecule has 254 valence electrons. The molecule has 1 aliphatic carbocycles. The van der Waals surface area contributed by atoms with Crippen LogP contribution in [0.4, 0.5) is 22.0 Å². The predicted molar refractivity (Wildman–Crippen MR) is 171 cm³/mol. The zero-order chi connectivity index (χ0) is 32.6. The number of ether oxygens (including phenoxy) is 1. The molecule has 1 aromatic heterocycles. The van der Waals surface area contributed by atoms with Crippen LogP contribution in [0.1, 0.15) is 55.8 Å². The van der Waals surface area contributed by atoms with E-state index >= 15 is 0 Å². The van der Waals surface area contributed by atoms with Crippen molar-refractivity contribution < 1.29 is 88.3 Å². The summed E-state index contributed by atoms with van der Waals surface area (Å²) in [6.45, 7) is 6.43. The zero-order valence-electron chi connectivity index (χ0n) is 27.3. The summed E-state index contributed by atoms with van der Waals surface area (Å²) in [6, 6.07) is 10.2. The molecule has 4 unspecified atom stereocenters. The number of carbonyl (C=O) groups is 1. The number of hydrogen-bond acceptors (Lipinski definition) is 5. The molecule has 1 saturated carbocycles. The first-order valence-electron chi connectivity index (χ1n) is 14.2. The Kier molecular flexibility index (Phi) is 20.1. The molecule has 3 aromatic rings. The van der Waals surface area contributed by atoms with Crippen molar-refractivity contribution in [1.29, 1.82) is 0 Å². The summed E-state index contributed by atoms with van der Waals surface area (Å²) >= 11 is 5.80. The van der Waals surface area contributed by atoms with E-state index in [-0.39, 0.29) is 80.4 Å². The van der Waals surface area contributed by atoms with Crippen molar-refractivity contribution in [3.05, 3.63) is 86.5 Å². The van der Waals surface area contributed by atoms with Crippen LogP contribution in [0.25, 0.3) is 29.7 Å². The van der Waals surface area contributed by atoms with Crippen molar-refractivity contribution in [3.8, 4) is 17.0 Å². The minimum absolute atomic E-state index is 0. The number of amides is 1. The minimum Gasteiger partial charge on any atom is -0.870 e. The number of fused-ring (bicyclic) bond motifs is 1. The summed E-state index contributed by atoms with van der Waals surface area (Å²) in [7, 11) is 0.500. The quantitative estimate of drug-likeness (QED) is 0.120. The average Bonchev–Trinajstić information content (AvgIpc) is 3.62. The van der Waals surface area contributed by atoms with Crippen molar-refractivity contribution in [1.82, 2.24) is 15.6 Å². The van der Waals surface area contributed by atoms with E-state index in [2.05, 4.69) is 12.2 Å². The second-order valence-corrected chi connectivity index (χ2v) is 11.2. The van der Waals surface area contributed by atoms with Gasteiger partial charge in [-0.15, -0.1) is 0 Å². The van der Waals surface area contributed by atoms with Gasteiger partial charge in [0.25, 0.3) is 0 Å². The Morgan fingerprint density at radius 1 is 1.11 bits per heavy atom. The van der Waals surface area contributed by atoms with Gasteiger partial charge in [0, 0.05) is 41.4 Å². The van der Waals surface area contributed by atoms with E-state index in [9.17, 15) is 26.7 Å². The van der Waals surface area contributed by atoms with E-state index in [0.717, 1.165) is 39.7 Å². The summed E-state index contributed by atoms with van der Waals surface area (Å²) in [4.78, 5) is 15.6. The van der Waals surface area contributed by atoms with Crippen molar-refractivity contribution >= 4 is 30.3 Å². The second kappa shape index (κ2) is 21.1. The van der Waals surface area contributed by atoms with E-state index in [1.165, 1.54) is 12.3 Å². The number of nitrogens with one attached hydrogen (secondary N) is 2. The molecule has 5 rings (SSSR count). The molecule has 5 N–H and O–H groups in total. The molecule has 1 aliphatic heterocycles. The summed E-state index contributed by atoms with van der Waals surface area (Å²) in [5.74, 6) is -0.0396. The maximum Gasteiger partial charge on any atom is 1.00 e. The zero-order valence-corrected chi connectivity index (χ0v) is 31.1. The number of pyridine rings is 1. The van der Waals surface area contributed by atoms with Gasteiger partial charge in [-0.25, -0.2) is 13.8 Å². The number of nitrogens with two attached hydrogens (primary N) is 1. The number of hydrogen-bond donors (Lipinski definition) is 2. The summed E-state index contributed by atoms with van der Waals surface area (Å²) < 4.78 is 67.5. The van der Waals surface area contributed by atoms with Crippen LogP contribution in [0, 0.1) is 30.4 Å². The molecule has 7 nitrogen and oxygen atoms in total. The number of alkyl halides is 3. The first-order chi connectivity index (χ1) is 21.0. The van der Waals surface area contributed by atoms with Crippen LogP contribution in [0.2, 0.25) is 5.02 Å². The Balaban J connectivity index is 0.000000956. The largest absolute Gasteiger partial charge is 1.00 e. The number of aromatic nitrogens is 1. The van der Waals surface area contributed by atoms with E-state index < -0.39 is 23.2 Å². The molecule has 2 aromatic carbocycles. The third-order valence-electron chi connectivity index (χ3n) is 7.73. The molecule has 0 spiro atoms. The van der Waals surface area contributed by atoms with Gasteiger partial charge < -0.3 is 27.0 Å². The van der Waals surface area contributed by atoms with Gasteiger partial charge in [-0.05, 0) is 66.8 Å². The van der Waals surface area contributed by atoms with Crippen LogP contribution < -0.4 is 77.2 Å². The molecule has 1 amide bonds. The first kappa shape index (κ1) is 44.9.